The maximum absolute atomic E-state index is 11.5. The molecule has 0 aliphatic heterocycles. The third-order valence-corrected chi connectivity index (χ3v) is 4.41. The van der Waals surface area contributed by atoms with E-state index >= 15 is 0 Å². The molecule has 0 spiro atoms. The second kappa shape index (κ2) is 6.43. The largest absolute Gasteiger partial charge is 0.480 e. The number of carboxylic acid groups (broad SMARTS) is 1. The van der Waals surface area contributed by atoms with Crippen molar-refractivity contribution in [3.8, 4) is 0 Å². The van der Waals surface area contributed by atoms with Crippen molar-refractivity contribution in [1.29, 1.82) is 0 Å². The Kier molecular flexibility index (Phi) is 6.41. The third-order valence-electron chi connectivity index (χ3n) is 1.62. The second-order valence-electron chi connectivity index (χ2n) is 3.08. The average molecular weight is 224 g/mol. The van der Waals surface area contributed by atoms with Crippen molar-refractivity contribution in [3.63, 3.8) is 0 Å². The number of rotatable bonds is 6. The zero-order chi connectivity index (χ0) is 10.4. The molecule has 0 saturated carbocycles. The molecule has 0 fully saturated rings. The second-order valence-corrected chi connectivity index (χ2v) is 5.74. The van der Waals surface area contributed by atoms with Crippen molar-refractivity contribution in [1.82, 2.24) is 0 Å². The summed E-state index contributed by atoms with van der Waals surface area (Å²) in [4.78, 5) is 10.7. The van der Waals surface area contributed by atoms with Crippen molar-refractivity contribution in [3.05, 3.63) is 0 Å². The molecule has 1 N–H and O–H groups in total. The highest BCUT2D eigenvalue weighted by Gasteiger charge is 2.27. The number of hydrogen-bond acceptors (Lipinski definition) is 3. The van der Waals surface area contributed by atoms with Gasteiger partial charge in [0.2, 0.25) is 0 Å². The first-order valence-electron chi connectivity index (χ1n) is 4.09. The molecular weight excluding hydrogens is 208 g/mol. The Bertz CT molecular complexity index is 192. The van der Waals surface area contributed by atoms with E-state index in [0.29, 0.717) is 5.75 Å². The molecule has 0 aliphatic rings. The monoisotopic (exact) mass is 224 g/mol. The van der Waals surface area contributed by atoms with Gasteiger partial charge in [-0.3, -0.25) is 9.00 Å². The predicted octanol–water partition coefficient (Wildman–Crippen LogP) is 1.21. The van der Waals surface area contributed by atoms with E-state index < -0.39 is 22.0 Å². The number of carbonyl (C=O) groups is 1. The lowest BCUT2D eigenvalue weighted by atomic mass is 10.1. The number of aliphatic carboxylic acids is 1. The average Bonchev–Trinajstić information content (AvgIpc) is 1.99. The Morgan fingerprint density at radius 1 is 1.54 bits per heavy atom. The van der Waals surface area contributed by atoms with Gasteiger partial charge >= 0.3 is 5.97 Å². The highest BCUT2D eigenvalue weighted by Crippen LogP contribution is 2.11. The summed E-state index contributed by atoms with van der Waals surface area (Å²) in [5.41, 5.74) is 0. The van der Waals surface area contributed by atoms with Crippen molar-refractivity contribution >= 4 is 28.5 Å². The highest BCUT2D eigenvalue weighted by atomic mass is 32.2. The van der Waals surface area contributed by atoms with Crippen LogP contribution in [0.15, 0.2) is 0 Å². The van der Waals surface area contributed by atoms with Gasteiger partial charge in [0.05, 0.1) is 0 Å². The van der Waals surface area contributed by atoms with Gasteiger partial charge in [0, 0.05) is 22.3 Å². The zero-order valence-electron chi connectivity index (χ0n) is 8.15. The van der Waals surface area contributed by atoms with E-state index in [9.17, 15) is 9.00 Å². The van der Waals surface area contributed by atoms with Gasteiger partial charge in [0.1, 0.15) is 5.25 Å². The molecule has 0 heterocycles. The van der Waals surface area contributed by atoms with Crippen molar-refractivity contribution in [2.24, 2.45) is 5.92 Å². The van der Waals surface area contributed by atoms with Crippen LogP contribution in [0.2, 0.25) is 0 Å². The summed E-state index contributed by atoms with van der Waals surface area (Å²) in [5.74, 6) is 0.203. The topological polar surface area (TPSA) is 54.4 Å². The SMILES string of the molecule is CSCCS(=O)C(C(=O)O)C(C)C. The van der Waals surface area contributed by atoms with Crippen LogP contribution in [0.3, 0.4) is 0 Å². The van der Waals surface area contributed by atoms with Crippen LogP contribution in [0.25, 0.3) is 0 Å². The van der Waals surface area contributed by atoms with Crippen LogP contribution >= 0.6 is 11.8 Å². The summed E-state index contributed by atoms with van der Waals surface area (Å²) >= 11 is 1.58. The van der Waals surface area contributed by atoms with Crippen LogP contribution in [0.4, 0.5) is 0 Å². The van der Waals surface area contributed by atoms with E-state index in [2.05, 4.69) is 0 Å². The van der Waals surface area contributed by atoms with Crippen LogP contribution in [0, 0.1) is 5.92 Å². The van der Waals surface area contributed by atoms with Gasteiger partial charge in [0.25, 0.3) is 0 Å². The minimum atomic E-state index is -1.24. The Balaban J connectivity index is 4.21. The van der Waals surface area contributed by atoms with Crippen LogP contribution in [-0.4, -0.2) is 38.3 Å². The Morgan fingerprint density at radius 2 is 2.08 bits per heavy atom. The normalized spacial score (nSPS) is 15.7. The molecule has 3 nitrogen and oxygen atoms in total. The summed E-state index contributed by atoms with van der Waals surface area (Å²) in [6, 6.07) is 0. The number of hydrogen-bond donors (Lipinski definition) is 1. The Hall–Kier alpha value is -0.0300. The first-order chi connectivity index (χ1) is 6.00. The van der Waals surface area contributed by atoms with E-state index in [-0.39, 0.29) is 5.92 Å². The predicted molar refractivity (Wildman–Crippen MR) is 57.7 cm³/mol. The fourth-order valence-electron chi connectivity index (χ4n) is 0.994. The van der Waals surface area contributed by atoms with E-state index in [4.69, 9.17) is 5.11 Å². The van der Waals surface area contributed by atoms with Crippen LogP contribution < -0.4 is 0 Å². The first-order valence-corrected chi connectivity index (χ1v) is 6.87. The standard InChI is InChI=1S/C8H16O3S2/c1-6(2)7(8(9)10)13(11)5-4-12-3/h6-7H,4-5H2,1-3H3,(H,9,10). The molecule has 0 amide bonds. The first kappa shape index (κ1) is 13.0. The fraction of sp³-hybridized carbons (Fsp3) is 0.875. The Labute approximate surface area is 85.7 Å². The van der Waals surface area contributed by atoms with Crippen LogP contribution in [-0.2, 0) is 15.6 Å². The molecule has 0 aromatic rings. The lowest BCUT2D eigenvalue weighted by Gasteiger charge is -2.14. The molecule has 0 bridgehead atoms. The van der Waals surface area contributed by atoms with Gasteiger partial charge in [-0.2, -0.15) is 11.8 Å². The minimum absolute atomic E-state index is 0.0693. The molecule has 0 rings (SSSR count). The highest BCUT2D eigenvalue weighted by molar-refractivity contribution is 7.99. The summed E-state index contributed by atoms with van der Waals surface area (Å²) < 4.78 is 11.5. The molecule has 5 heteroatoms. The van der Waals surface area contributed by atoms with Crippen molar-refractivity contribution in [2.75, 3.05) is 17.8 Å². The maximum Gasteiger partial charge on any atom is 0.319 e. The summed E-state index contributed by atoms with van der Waals surface area (Å²) in [5, 5.41) is 8.10. The van der Waals surface area contributed by atoms with Gasteiger partial charge in [-0.1, -0.05) is 13.8 Å². The quantitative estimate of drug-likeness (QED) is 0.737. The van der Waals surface area contributed by atoms with Crippen molar-refractivity contribution in [2.45, 2.75) is 19.1 Å². The molecule has 0 aliphatic carbocycles. The molecule has 78 valence electrons. The van der Waals surface area contributed by atoms with Gasteiger partial charge in [-0.25, -0.2) is 0 Å². The van der Waals surface area contributed by atoms with Gasteiger partial charge in [-0.15, -0.1) is 0 Å². The molecule has 2 atom stereocenters. The van der Waals surface area contributed by atoms with Gasteiger partial charge in [0.15, 0.2) is 0 Å². The van der Waals surface area contributed by atoms with E-state index in [1.54, 1.807) is 25.6 Å². The molecular formula is C8H16O3S2. The van der Waals surface area contributed by atoms with Gasteiger partial charge in [-0.05, 0) is 12.2 Å². The third kappa shape index (κ3) is 4.67. The van der Waals surface area contributed by atoms with Crippen molar-refractivity contribution < 1.29 is 14.1 Å². The van der Waals surface area contributed by atoms with Crippen LogP contribution in [0.1, 0.15) is 13.8 Å². The molecule has 0 saturated heterocycles. The molecule has 2 unspecified atom stereocenters. The molecule has 13 heavy (non-hydrogen) atoms. The molecule has 0 aromatic heterocycles. The number of thioether (sulfide) groups is 1. The van der Waals surface area contributed by atoms with E-state index in [0.717, 1.165) is 5.75 Å². The van der Waals surface area contributed by atoms with E-state index in [1.807, 2.05) is 6.26 Å². The smallest absolute Gasteiger partial charge is 0.319 e. The minimum Gasteiger partial charge on any atom is -0.480 e. The maximum atomic E-state index is 11.5. The molecule has 0 radical (unpaired) electrons. The van der Waals surface area contributed by atoms with Crippen LogP contribution in [0.5, 0.6) is 0 Å². The lowest BCUT2D eigenvalue weighted by molar-refractivity contribution is -0.137. The fourth-order valence-corrected chi connectivity index (χ4v) is 3.40. The summed E-state index contributed by atoms with van der Waals surface area (Å²) in [6.07, 6.45) is 1.92. The number of carboxylic acids is 1. The summed E-state index contributed by atoms with van der Waals surface area (Å²) in [6.45, 7) is 3.57. The Morgan fingerprint density at radius 3 is 2.38 bits per heavy atom. The summed E-state index contributed by atoms with van der Waals surface area (Å²) in [7, 11) is -1.24. The van der Waals surface area contributed by atoms with Gasteiger partial charge < -0.3 is 5.11 Å². The van der Waals surface area contributed by atoms with E-state index in [1.165, 1.54) is 0 Å². The lowest BCUT2D eigenvalue weighted by Crippen LogP contribution is -2.32. The zero-order valence-corrected chi connectivity index (χ0v) is 9.78. The molecule has 0 aromatic carbocycles.